The lowest BCUT2D eigenvalue weighted by molar-refractivity contribution is -0.165. The van der Waals surface area contributed by atoms with Crippen LogP contribution in [0.5, 0.6) is 0 Å². The third-order valence-corrected chi connectivity index (χ3v) is 8.64. The molecular weight excluding hydrogens is 484 g/mol. The molecule has 8 atom stereocenters. The summed E-state index contributed by atoms with van der Waals surface area (Å²) < 4.78 is 15.7. The fourth-order valence-electron chi connectivity index (χ4n) is 6.85. The van der Waals surface area contributed by atoms with Gasteiger partial charge >= 0.3 is 23.9 Å². The van der Waals surface area contributed by atoms with Crippen LogP contribution in [-0.2, 0) is 33.4 Å². The first-order valence-electron chi connectivity index (χ1n) is 11.2. The van der Waals surface area contributed by atoms with Gasteiger partial charge in [-0.05, 0) is 76.0 Å². The maximum Gasteiger partial charge on any atom is 0.318 e. The van der Waals surface area contributed by atoms with Gasteiger partial charge < -0.3 is 14.2 Å². The molecule has 2 saturated heterocycles. The van der Waals surface area contributed by atoms with Crippen molar-refractivity contribution < 1.29 is 33.4 Å². The molecule has 0 aromatic carbocycles. The number of rotatable bonds is 6. The van der Waals surface area contributed by atoms with Gasteiger partial charge in [0.2, 0.25) is 0 Å². The molecule has 4 rings (SSSR count). The average molecular weight is 549 g/mol. The van der Waals surface area contributed by atoms with E-state index in [0.717, 1.165) is 12.8 Å². The Morgan fingerprint density at radius 1 is 0.974 bits per heavy atom. The number of carbonyl (C=O) groups is 4. The third-order valence-electron chi connectivity index (χ3n) is 8.64. The lowest BCUT2D eigenvalue weighted by Crippen LogP contribution is -2.47. The maximum atomic E-state index is 13.0. The summed E-state index contributed by atoms with van der Waals surface area (Å²) in [5.41, 5.74) is -1.89. The van der Waals surface area contributed by atoms with Crippen molar-refractivity contribution in [2.45, 2.75) is 131 Å². The van der Waals surface area contributed by atoms with Crippen LogP contribution < -0.4 is 0 Å². The van der Waals surface area contributed by atoms with Gasteiger partial charge in [-0.15, -0.1) is 0 Å². The Morgan fingerprint density at radius 2 is 1.53 bits per heavy atom. The van der Waals surface area contributed by atoms with Crippen molar-refractivity contribution in [3.05, 3.63) is 0 Å². The van der Waals surface area contributed by atoms with Crippen LogP contribution in [0.1, 0.15) is 125 Å². The normalized spacial score (nSPS) is 33.3. The van der Waals surface area contributed by atoms with Crippen LogP contribution in [0, 0.1) is 40.9 Å². The van der Waals surface area contributed by atoms with Gasteiger partial charge in [0.25, 0.3) is 0 Å². The van der Waals surface area contributed by atoms with E-state index in [9.17, 15) is 19.2 Å². The van der Waals surface area contributed by atoms with Crippen LogP contribution in [0.15, 0.2) is 0 Å². The summed E-state index contributed by atoms with van der Waals surface area (Å²) in [6.07, 6.45) is 4.93. The lowest BCUT2D eigenvalue weighted by atomic mass is 9.61. The van der Waals surface area contributed by atoms with Crippen molar-refractivity contribution in [2.24, 2.45) is 40.9 Å². The van der Waals surface area contributed by atoms with Gasteiger partial charge in [-0.3, -0.25) is 19.2 Å². The van der Waals surface area contributed by atoms with Gasteiger partial charge in [0.05, 0.1) is 24.4 Å². The number of hydrogen-bond donors (Lipinski definition) is 0. The molecule has 2 heterocycles. The van der Waals surface area contributed by atoms with E-state index in [1.807, 2.05) is 6.92 Å². The van der Waals surface area contributed by atoms with Crippen LogP contribution in [0.25, 0.3) is 0 Å². The van der Waals surface area contributed by atoms with Crippen LogP contribution >= 0.6 is 0 Å². The second-order valence-electron chi connectivity index (χ2n) is 10.3. The predicted octanol–water partition coefficient (Wildman–Crippen LogP) is 8.13. The molecule has 7 nitrogen and oxygen atoms in total. The van der Waals surface area contributed by atoms with Gasteiger partial charge in [0.1, 0.15) is 5.60 Å². The highest BCUT2D eigenvalue weighted by molar-refractivity contribution is 6.00. The SMILES string of the molecule is C.C.C.C.C.C.C.C.COC(=O)C(C)(CCC1(C)CCC(=O)O1)C1C(=O)OC(=O)C1C1C2CCC(C2)C1C. The Kier molecular flexibility index (Phi) is 19.7. The average Bonchev–Trinajstić information content (AvgIpc) is 3.44. The van der Waals surface area contributed by atoms with Crippen molar-refractivity contribution in [1.82, 2.24) is 0 Å². The first kappa shape index (κ1) is 46.0. The maximum absolute atomic E-state index is 13.0. The molecule has 4 aliphatic rings. The Bertz CT molecular complexity index is 776. The van der Waals surface area contributed by atoms with Gasteiger partial charge in [0.15, 0.2) is 0 Å². The second kappa shape index (κ2) is 16.2. The number of hydrogen-bond acceptors (Lipinski definition) is 7. The zero-order valence-electron chi connectivity index (χ0n) is 18.3. The van der Waals surface area contributed by atoms with Gasteiger partial charge in [-0.1, -0.05) is 66.3 Å². The second-order valence-corrected chi connectivity index (χ2v) is 10.3. The first-order valence-corrected chi connectivity index (χ1v) is 11.2. The predicted molar refractivity (Wildman–Crippen MR) is 158 cm³/mol. The molecule has 38 heavy (non-hydrogen) atoms. The number of methoxy groups -OCH3 is 1. The molecule has 0 aromatic rings. The van der Waals surface area contributed by atoms with Crippen LogP contribution in [0.3, 0.4) is 0 Å². The van der Waals surface area contributed by atoms with Crippen molar-refractivity contribution in [2.75, 3.05) is 7.11 Å². The van der Waals surface area contributed by atoms with E-state index in [1.54, 1.807) is 6.92 Å². The van der Waals surface area contributed by atoms with E-state index < -0.39 is 40.8 Å². The van der Waals surface area contributed by atoms with E-state index in [1.165, 1.54) is 13.5 Å². The number of cyclic esters (lactones) is 3. The van der Waals surface area contributed by atoms with E-state index in [2.05, 4.69) is 6.92 Å². The van der Waals surface area contributed by atoms with E-state index >= 15 is 0 Å². The Morgan fingerprint density at radius 3 is 1.97 bits per heavy atom. The molecule has 230 valence electrons. The fraction of sp³-hybridized carbons (Fsp3) is 0.871. The summed E-state index contributed by atoms with van der Waals surface area (Å²) in [6.45, 7) is 5.72. The molecule has 0 amide bonds. The highest BCUT2D eigenvalue weighted by atomic mass is 16.6. The fourth-order valence-corrected chi connectivity index (χ4v) is 6.85. The molecule has 2 bridgehead atoms. The van der Waals surface area contributed by atoms with Crippen LogP contribution in [0.4, 0.5) is 0 Å². The minimum Gasteiger partial charge on any atom is -0.469 e. The van der Waals surface area contributed by atoms with Crippen molar-refractivity contribution >= 4 is 23.9 Å². The molecule has 0 N–H and O–H groups in total. The Hall–Kier alpha value is -1.92. The van der Waals surface area contributed by atoms with E-state index in [0.29, 0.717) is 37.0 Å². The molecule has 7 heteroatoms. The van der Waals surface area contributed by atoms with Gasteiger partial charge in [-0.2, -0.15) is 0 Å². The van der Waals surface area contributed by atoms with Crippen molar-refractivity contribution in [3.63, 3.8) is 0 Å². The molecule has 2 aliphatic heterocycles. The minimum absolute atomic E-state index is 0. The Labute approximate surface area is 236 Å². The Balaban J connectivity index is -0.000000454. The molecule has 0 aromatic heterocycles. The monoisotopic (exact) mass is 548 g/mol. The largest absolute Gasteiger partial charge is 0.469 e. The summed E-state index contributed by atoms with van der Waals surface area (Å²) in [6, 6.07) is 0. The smallest absolute Gasteiger partial charge is 0.318 e. The van der Waals surface area contributed by atoms with Gasteiger partial charge in [0, 0.05) is 6.42 Å². The molecule has 2 saturated carbocycles. The van der Waals surface area contributed by atoms with Crippen molar-refractivity contribution in [1.29, 1.82) is 0 Å². The molecule has 4 fully saturated rings. The van der Waals surface area contributed by atoms with Crippen LogP contribution in [0.2, 0.25) is 0 Å². The summed E-state index contributed by atoms with van der Waals surface area (Å²) in [7, 11) is 1.30. The standard InChI is InChI=1S/C23H32O7.8CH4/c1-12-13-5-6-14(11-13)16(12)17-18(20(26)29-19(17)25)23(3,21(27)28-4)10-9-22(2)8-7-15(24)30-22;;;;;;;;/h12-14,16-18H,5-11H2,1-4H3;8*1H4. The zero-order chi connectivity index (χ0) is 21.8. The third kappa shape index (κ3) is 7.38. The van der Waals surface area contributed by atoms with Crippen molar-refractivity contribution in [3.8, 4) is 0 Å². The van der Waals surface area contributed by atoms with E-state index in [-0.39, 0.29) is 77.7 Å². The summed E-state index contributed by atoms with van der Waals surface area (Å²) in [5, 5.41) is 0. The molecule has 8 unspecified atom stereocenters. The number of carbonyl (C=O) groups excluding carboxylic acids is 4. The highest BCUT2D eigenvalue weighted by Gasteiger charge is 2.63. The highest BCUT2D eigenvalue weighted by Crippen LogP contribution is 2.59. The molecule has 0 spiro atoms. The zero-order valence-corrected chi connectivity index (χ0v) is 18.3. The number of fused-ring (bicyclic) bond motifs is 2. The van der Waals surface area contributed by atoms with Crippen LogP contribution in [-0.4, -0.2) is 36.6 Å². The molecular formula is C31H64O7. The first-order chi connectivity index (χ1) is 14.1. The topological polar surface area (TPSA) is 96.0 Å². The summed E-state index contributed by atoms with van der Waals surface area (Å²) in [5.74, 6) is -2.03. The summed E-state index contributed by atoms with van der Waals surface area (Å²) >= 11 is 0. The summed E-state index contributed by atoms with van der Waals surface area (Å²) in [4.78, 5) is 50.4. The molecule has 2 aliphatic carbocycles. The number of ether oxygens (including phenoxy) is 3. The quantitative estimate of drug-likeness (QED) is 0.188. The lowest BCUT2D eigenvalue weighted by Gasteiger charge is -2.39. The number of esters is 4. The van der Waals surface area contributed by atoms with Gasteiger partial charge in [-0.25, -0.2) is 0 Å². The molecule has 0 radical (unpaired) electrons. The van der Waals surface area contributed by atoms with E-state index in [4.69, 9.17) is 14.2 Å². The minimum atomic E-state index is -1.22.